The third-order valence-electron chi connectivity index (χ3n) is 4.61. The van der Waals surface area contributed by atoms with E-state index in [9.17, 15) is 9.50 Å². The quantitative estimate of drug-likeness (QED) is 0.825. The summed E-state index contributed by atoms with van der Waals surface area (Å²) in [5, 5.41) is 17.8. The molecule has 124 valence electrons. The van der Waals surface area contributed by atoms with Crippen molar-refractivity contribution in [3.05, 3.63) is 54.1 Å². The van der Waals surface area contributed by atoms with Gasteiger partial charge in [-0.15, -0.1) is 0 Å². The van der Waals surface area contributed by atoms with Crippen molar-refractivity contribution in [3.8, 4) is 0 Å². The zero-order valence-corrected chi connectivity index (χ0v) is 13.2. The van der Waals surface area contributed by atoms with E-state index in [2.05, 4.69) is 10.4 Å². The Morgan fingerprint density at radius 3 is 2.83 bits per heavy atom. The largest absolute Gasteiger partial charge is 0.390 e. The Bertz CT molecular complexity index is 596. The fourth-order valence-electron chi connectivity index (χ4n) is 3.50. The molecule has 1 aliphatic rings. The van der Waals surface area contributed by atoms with E-state index in [1.54, 1.807) is 23.0 Å². The SMILES string of the molecule is OC(CNC(c1cccc(F)c1)C1CCCC1)Cn1cccn1. The smallest absolute Gasteiger partial charge is 0.123 e. The van der Waals surface area contributed by atoms with Gasteiger partial charge >= 0.3 is 0 Å². The fourth-order valence-corrected chi connectivity index (χ4v) is 3.50. The van der Waals surface area contributed by atoms with Crippen molar-refractivity contribution < 1.29 is 9.50 Å². The summed E-state index contributed by atoms with van der Waals surface area (Å²) < 4.78 is 15.3. The second kappa shape index (κ2) is 7.70. The molecule has 1 heterocycles. The maximum Gasteiger partial charge on any atom is 0.123 e. The summed E-state index contributed by atoms with van der Waals surface area (Å²) in [7, 11) is 0. The molecular formula is C18H24FN3O. The highest BCUT2D eigenvalue weighted by atomic mass is 19.1. The second-order valence-electron chi connectivity index (χ2n) is 6.37. The van der Waals surface area contributed by atoms with Crippen molar-refractivity contribution >= 4 is 0 Å². The third kappa shape index (κ3) is 4.39. The van der Waals surface area contributed by atoms with Crippen LogP contribution in [0.5, 0.6) is 0 Å². The summed E-state index contributed by atoms with van der Waals surface area (Å²) >= 11 is 0. The van der Waals surface area contributed by atoms with Gasteiger partial charge in [-0.3, -0.25) is 4.68 Å². The summed E-state index contributed by atoms with van der Waals surface area (Å²) in [4.78, 5) is 0. The molecule has 0 saturated heterocycles. The average Bonchev–Trinajstić information content (AvgIpc) is 3.21. The lowest BCUT2D eigenvalue weighted by Crippen LogP contribution is -2.35. The van der Waals surface area contributed by atoms with E-state index in [-0.39, 0.29) is 11.9 Å². The van der Waals surface area contributed by atoms with Gasteiger partial charge in [-0.05, 0) is 42.5 Å². The van der Waals surface area contributed by atoms with E-state index < -0.39 is 6.10 Å². The lowest BCUT2D eigenvalue weighted by atomic mass is 9.91. The van der Waals surface area contributed by atoms with Gasteiger partial charge in [0.25, 0.3) is 0 Å². The molecule has 1 saturated carbocycles. The van der Waals surface area contributed by atoms with Crippen LogP contribution in [0.15, 0.2) is 42.7 Å². The van der Waals surface area contributed by atoms with Crippen molar-refractivity contribution in [2.24, 2.45) is 5.92 Å². The van der Waals surface area contributed by atoms with Crippen LogP contribution in [0.4, 0.5) is 4.39 Å². The first-order valence-corrected chi connectivity index (χ1v) is 8.37. The van der Waals surface area contributed by atoms with Crippen LogP contribution >= 0.6 is 0 Å². The molecule has 5 heteroatoms. The molecule has 1 aliphatic carbocycles. The standard InChI is InChI=1S/C18H24FN3O/c19-16-8-3-7-15(11-16)18(14-5-1-2-6-14)20-12-17(23)13-22-10-4-9-21-22/h3-4,7-11,14,17-18,20,23H,1-2,5-6,12-13H2. The highest BCUT2D eigenvalue weighted by Gasteiger charge is 2.26. The molecule has 2 unspecified atom stereocenters. The van der Waals surface area contributed by atoms with Gasteiger partial charge < -0.3 is 10.4 Å². The number of aliphatic hydroxyl groups is 1. The van der Waals surface area contributed by atoms with Gasteiger partial charge in [0.05, 0.1) is 12.6 Å². The molecule has 0 aliphatic heterocycles. The van der Waals surface area contributed by atoms with Crippen molar-refractivity contribution in [1.82, 2.24) is 15.1 Å². The Balaban J connectivity index is 1.64. The number of hydrogen-bond acceptors (Lipinski definition) is 3. The molecule has 3 rings (SSSR count). The summed E-state index contributed by atoms with van der Waals surface area (Å²) in [5.74, 6) is 0.304. The van der Waals surface area contributed by atoms with Crippen molar-refractivity contribution in [2.45, 2.75) is 44.4 Å². The number of aliphatic hydroxyl groups excluding tert-OH is 1. The van der Waals surface area contributed by atoms with Crippen LogP contribution < -0.4 is 5.32 Å². The first kappa shape index (κ1) is 16.1. The Kier molecular flexibility index (Phi) is 5.41. The van der Waals surface area contributed by atoms with Crippen molar-refractivity contribution in [2.75, 3.05) is 6.54 Å². The van der Waals surface area contributed by atoms with Gasteiger partial charge in [0, 0.05) is 25.0 Å². The number of aromatic nitrogens is 2. The monoisotopic (exact) mass is 317 g/mol. The van der Waals surface area contributed by atoms with Crippen molar-refractivity contribution in [3.63, 3.8) is 0 Å². The molecule has 4 nitrogen and oxygen atoms in total. The van der Waals surface area contributed by atoms with Crippen LogP contribution in [0.25, 0.3) is 0 Å². The number of halogens is 1. The highest BCUT2D eigenvalue weighted by molar-refractivity contribution is 5.21. The molecule has 0 radical (unpaired) electrons. The number of nitrogens with zero attached hydrogens (tertiary/aromatic N) is 2. The second-order valence-corrected chi connectivity index (χ2v) is 6.37. The first-order chi connectivity index (χ1) is 11.2. The van der Waals surface area contributed by atoms with Crippen LogP contribution in [0.3, 0.4) is 0 Å². The average molecular weight is 317 g/mol. The molecule has 2 atom stereocenters. The number of nitrogens with one attached hydrogen (secondary N) is 1. The molecular weight excluding hydrogens is 293 g/mol. The summed E-state index contributed by atoms with van der Waals surface area (Å²) in [6, 6.07) is 8.75. The predicted octanol–water partition coefficient (Wildman–Crippen LogP) is 2.90. The Morgan fingerprint density at radius 1 is 1.30 bits per heavy atom. The molecule has 2 aromatic rings. The Labute approximate surface area is 136 Å². The van der Waals surface area contributed by atoms with Gasteiger partial charge in [-0.1, -0.05) is 25.0 Å². The van der Waals surface area contributed by atoms with Crippen molar-refractivity contribution in [1.29, 1.82) is 0 Å². The molecule has 0 bridgehead atoms. The van der Waals surface area contributed by atoms with Crippen LogP contribution in [-0.4, -0.2) is 27.5 Å². The van der Waals surface area contributed by atoms with Gasteiger partial charge in [-0.25, -0.2) is 4.39 Å². The predicted molar refractivity (Wildman–Crippen MR) is 87.3 cm³/mol. The molecule has 2 N–H and O–H groups in total. The fraction of sp³-hybridized carbons (Fsp3) is 0.500. The van der Waals surface area contributed by atoms with E-state index in [4.69, 9.17) is 0 Å². The van der Waals surface area contributed by atoms with E-state index in [1.807, 2.05) is 18.3 Å². The summed E-state index contributed by atoms with van der Waals surface area (Å²) in [6.07, 6.45) is 7.79. The first-order valence-electron chi connectivity index (χ1n) is 8.37. The Hall–Kier alpha value is -1.72. The summed E-state index contributed by atoms with van der Waals surface area (Å²) in [6.45, 7) is 0.929. The maximum atomic E-state index is 13.6. The maximum absolute atomic E-state index is 13.6. The zero-order chi connectivity index (χ0) is 16.1. The van der Waals surface area contributed by atoms with Gasteiger partial charge in [0.15, 0.2) is 0 Å². The van der Waals surface area contributed by atoms with Gasteiger partial charge in [-0.2, -0.15) is 5.10 Å². The molecule has 1 fully saturated rings. The molecule has 0 amide bonds. The van der Waals surface area contributed by atoms with E-state index in [0.717, 1.165) is 18.4 Å². The van der Waals surface area contributed by atoms with E-state index in [1.165, 1.54) is 18.9 Å². The van der Waals surface area contributed by atoms with Crippen LogP contribution in [-0.2, 0) is 6.54 Å². The molecule has 1 aromatic carbocycles. The minimum Gasteiger partial charge on any atom is -0.390 e. The normalized spacial score (nSPS) is 18.2. The van der Waals surface area contributed by atoms with Crippen LogP contribution in [0.1, 0.15) is 37.3 Å². The molecule has 1 aromatic heterocycles. The lowest BCUT2D eigenvalue weighted by Gasteiger charge is -2.26. The molecule has 23 heavy (non-hydrogen) atoms. The minimum absolute atomic E-state index is 0.0977. The lowest BCUT2D eigenvalue weighted by molar-refractivity contribution is 0.138. The number of benzene rings is 1. The Morgan fingerprint density at radius 2 is 2.13 bits per heavy atom. The topological polar surface area (TPSA) is 50.1 Å². The molecule has 0 spiro atoms. The van der Waals surface area contributed by atoms with Gasteiger partial charge in [0.2, 0.25) is 0 Å². The highest BCUT2D eigenvalue weighted by Crippen LogP contribution is 2.35. The van der Waals surface area contributed by atoms with Gasteiger partial charge in [0.1, 0.15) is 5.82 Å². The third-order valence-corrected chi connectivity index (χ3v) is 4.61. The number of rotatable bonds is 7. The van der Waals surface area contributed by atoms with Crippen LogP contribution in [0.2, 0.25) is 0 Å². The minimum atomic E-state index is -0.521. The summed E-state index contributed by atoms with van der Waals surface area (Å²) in [5.41, 5.74) is 0.975. The van der Waals surface area contributed by atoms with E-state index in [0.29, 0.717) is 19.0 Å². The van der Waals surface area contributed by atoms with E-state index >= 15 is 0 Å². The number of hydrogen-bond donors (Lipinski definition) is 2. The van der Waals surface area contributed by atoms with Crippen LogP contribution in [0, 0.1) is 11.7 Å². The zero-order valence-electron chi connectivity index (χ0n) is 13.2.